The van der Waals surface area contributed by atoms with Crippen molar-refractivity contribution in [1.29, 1.82) is 0 Å². The number of rotatable bonds is 8. The number of aromatic nitrogens is 4. The number of benzene rings is 1. The predicted molar refractivity (Wildman–Crippen MR) is 144 cm³/mol. The molecule has 0 amide bonds. The summed E-state index contributed by atoms with van der Waals surface area (Å²) in [6, 6.07) is 12.1. The van der Waals surface area contributed by atoms with Gasteiger partial charge in [0.15, 0.2) is 0 Å². The maximum Gasteiger partial charge on any atom is 0.223 e. The first-order valence-electron chi connectivity index (χ1n) is 12.5. The molecule has 1 saturated carbocycles. The van der Waals surface area contributed by atoms with Gasteiger partial charge in [-0.25, -0.2) is 15.0 Å². The first-order valence-corrected chi connectivity index (χ1v) is 12.9. The Labute approximate surface area is 217 Å². The number of hydrogen-bond donors (Lipinski definition) is 3. The third-order valence-electron chi connectivity index (χ3n) is 6.56. The smallest absolute Gasteiger partial charge is 0.223 e. The van der Waals surface area contributed by atoms with Crippen molar-refractivity contribution < 1.29 is 5.11 Å². The summed E-state index contributed by atoms with van der Waals surface area (Å²) >= 11 is 6.53. The molecule has 0 saturated heterocycles. The Balaban J connectivity index is 1.33. The van der Waals surface area contributed by atoms with Crippen molar-refractivity contribution in [3.8, 4) is 11.4 Å². The van der Waals surface area contributed by atoms with Crippen molar-refractivity contribution in [3.63, 3.8) is 0 Å². The van der Waals surface area contributed by atoms with Gasteiger partial charge < -0.3 is 15.7 Å². The molecule has 7 nitrogen and oxygen atoms in total. The number of halogens is 1. The van der Waals surface area contributed by atoms with Crippen LogP contribution < -0.4 is 10.6 Å². The molecule has 5 rings (SSSR count). The Bertz CT molecular complexity index is 1360. The average Bonchev–Trinajstić information content (AvgIpc) is 3.61. The van der Waals surface area contributed by atoms with Crippen LogP contribution >= 0.6 is 11.6 Å². The Morgan fingerprint density at radius 2 is 1.81 bits per heavy atom. The van der Waals surface area contributed by atoms with Gasteiger partial charge in [0, 0.05) is 18.3 Å². The van der Waals surface area contributed by atoms with Gasteiger partial charge in [0.2, 0.25) is 5.95 Å². The summed E-state index contributed by atoms with van der Waals surface area (Å²) in [5.74, 6) is 1.10. The van der Waals surface area contributed by atoms with Crippen molar-refractivity contribution in [2.24, 2.45) is 0 Å². The largest absolute Gasteiger partial charge is 0.387 e. The van der Waals surface area contributed by atoms with E-state index in [2.05, 4.69) is 64.8 Å². The number of aliphatic hydroxyl groups is 1. The number of aliphatic hydroxyl groups excluding tert-OH is 1. The highest BCUT2D eigenvalue weighted by atomic mass is 35.5. The fourth-order valence-corrected chi connectivity index (χ4v) is 4.53. The molecular weight excluding hydrogens is 472 g/mol. The first-order chi connectivity index (χ1) is 17.2. The molecule has 3 N–H and O–H groups in total. The highest BCUT2D eigenvalue weighted by Crippen LogP contribution is 2.42. The van der Waals surface area contributed by atoms with Crippen LogP contribution in [0.3, 0.4) is 0 Å². The molecule has 1 aromatic carbocycles. The van der Waals surface area contributed by atoms with Crippen molar-refractivity contribution in [3.05, 3.63) is 76.7 Å². The van der Waals surface area contributed by atoms with Crippen molar-refractivity contribution >= 4 is 23.2 Å². The Kier molecular flexibility index (Phi) is 6.72. The molecule has 1 aliphatic rings. The summed E-state index contributed by atoms with van der Waals surface area (Å²) in [5, 5.41) is 17.7. The topological polar surface area (TPSA) is 87.4 Å². The maximum absolute atomic E-state index is 10.5. The minimum atomic E-state index is -0.561. The molecular formula is C28H33ClN6O. The van der Waals surface area contributed by atoms with Gasteiger partial charge in [-0.3, -0.25) is 4.40 Å². The highest BCUT2D eigenvalue weighted by molar-refractivity contribution is 6.32. The number of anilines is 1. The van der Waals surface area contributed by atoms with E-state index in [1.54, 1.807) is 6.20 Å². The number of β-amino-alcohol motifs (C(OH)–C–C–N with tert-alkyl or cyclic N) is 1. The Morgan fingerprint density at radius 3 is 2.50 bits per heavy atom. The summed E-state index contributed by atoms with van der Waals surface area (Å²) < 4.78 is 2.06. The van der Waals surface area contributed by atoms with E-state index < -0.39 is 6.10 Å². The van der Waals surface area contributed by atoms with Gasteiger partial charge in [-0.05, 0) is 69.2 Å². The van der Waals surface area contributed by atoms with Crippen LogP contribution in [0.15, 0.2) is 55.0 Å². The van der Waals surface area contributed by atoms with Crippen LogP contribution in [0.1, 0.15) is 75.3 Å². The SMILES string of the molecule is C[C@H](Nc1ncc(Cl)c(-c2cnc3c(C4CC4)cccn23)n1)c1ccc([C@H](O)CNC(C)(C)C)cc1. The van der Waals surface area contributed by atoms with Gasteiger partial charge >= 0.3 is 0 Å². The van der Waals surface area contributed by atoms with Crippen LogP contribution in [0.5, 0.6) is 0 Å². The van der Waals surface area contributed by atoms with E-state index in [-0.39, 0.29) is 11.6 Å². The second kappa shape index (κ2) is 9.81. The average molecular weight is 505 g/mol. The summed E-state index contributed by atoms with van der Waals surface area (Å²) in [5.41, 5.74) is 5.64. The lowest BCUT2D eigenvalue weighted by Crippen LogP contribution is -2.38. The van der Waals surface area contributed by atoms with Crippen molar-refractivity contribution in [2.75, 3.05) is 11.9 Å². The number of hydrogen-bond acceptors (Lipinski definition) is 6. The van der Waals surface area contributed by atoms with Gasteiger partial charge in [-0.2, -0.15) is 0 Å². The van der Waals surface area contributed by atoms with E-state index in [1.165, 1.54) is 18.4 Å². The van der Waals surface area contributed by atoms with Crippen molar-refractivity contribution in [2.45, 2.75) is 64.1 Å². The molecule has 2 atom stereocenters. The summed E-state index contributed by atoms with van der Waals surface area (Å²) in [6.45, 7) is 8.81. The van der Waals surface area contributed by atoms with Gasteiger partial charge in [0.1, 0.15) is 11.3 Å². The molecule has 188 valence electrons. The lowest BCUT2D eigenvalue weighted by Gasteiger charge is -2.23. The molecule has 0 radical (unpaired) electrons. The zero-order valence-corrected chi connectivity index (χ0v) is 21.9. The van der Waals surface area contributed by atoms with Crippen LogP contribution in [-0.2, 0) is 0 Å². The number of fused-ring (bicyclic) bond motifs is 1. The van der Waals surface area contributed by atoms with E-state index in [0.29, 0.717) is 29.1 Å². The molecule has 3 aromatic heterocycles. The zero-order valence-electron chi connectivity index (χ0n) is 21.2. The minimum Gasteiger partial charge on any atom is -0.387 e. The van der Waals surface area contributed by atoms with Gasteiger partial charge in [-0.15, -0.1) is 0 Å². The number of imidazole rings is 1. The van der Waals surface area contributed by atoms with E-state index in [4.69, 9.17) is 16.6 Å². The number of pyridine rings is 1. The molecule has 1 fully saturated rings. The fraction of sp³-hybridized carbons (Fsp3) is 0.393. The lowest BCUT2D eigenvalue weighted by atomic mass is 10.0. The summed E-state index contributed by atoms with van der Waals surface area (Å²) in [7, 11) is 0. The normalized spacial score (nSPS) is 15.7. The van der Waals surface area contributed by atoms with Crippen LogP contribution in [0.25, 0.3) is 17.0 Å². The molecule has 1 aliphatic carbocycles. The van der Waals surface area contributed by atoms with E-state index >= 15 is 0 Å². The Hall–Kier alpha value is -3.00. The van der Waals surface area contributed by atoms with Crippen LogP contribution in [0.2, 0.25) is 5.02 Å². The van der Waals surface area contributed by atoms with E-state index in [9.17, 15) is 5.11 Å². The third kappa shape index (κ3) is 5.38. The number of nitrogens with zero attached hydrogens (tertiary/aromatic N) is 4. The molecule has 0 bridgehead atoms. The molecule has 36 heavy (non-hydrogen) atoms. The van der Waals surface area contributed by atoms with Gasteiger partial charge in [0.05, 0.1) is 35.3 Å². The first kappa shape index (κ1) is 24.7. The van der Waals surface area contributed by atoms with Crippen LogP contribution in [0.4, 0.5) is 5.95 Å². The number of nitrogens with one attached hydrogen (secondary N) is 2. The highest BCUT2D eigenvalue weighted by Gasteiger charge is 2.27. The predicted octanol–water partition coefficient (Wildman–Crippen LogP) is 5.92. The molecule has 3 heterocycles. The molecule has 0 unspecified atom stereocenters. The third-order valence-corrected chi connectivity index (χ3v) is 6.84. The second-order valence-electron chi connectivity index (χ2n) is 10.6. The lowest BCUT2D eigenvalue weighted by molar-refractivity contribution is 0.163. The molecule has 0 spiro atoms. The van der Waals surface area contributed by atoms with Crippen LogP contribution in [0, 0.1) is 0 Å². The fourth-order valence-electron chi connectivity index (χ4n) is 4.34. The molecule has 8 heteroatoms. The standard InChI is InChI=1S/C28H33ClN6O/c1-17(18-7-11-20(12-8-18)24(36)16-32-28(2,3)4)33-27-31-14-22(29)25(34-27)23-15-30-26-21(19-9-10-19)6-5-13-35(23)26/h5-8,11-15,17,19,24,32,36H,9-10,16H2,1-4H3,(H,31,33,34)/t17-,24+/m0/s1. The summed E-state index contributed by atoms with van der Waals surface area (Å²) in [4.78, 5) is 13.8. The minimum absolute atomic E-state index is 0.0402. The molecule has 0 aliphatic heterocycles. The van der Waals surface area contributed by atoms with Crippen molar-refractivity contribution in [1.82, 2.24) is 24.7 Å². The zero-order chi connectivity index (χ0) is 25.4. The Morgan fingerprint density at radius 1 is 1.08 bits per heavy atom. The van der Waals surface area contributed by atoms with E-state index in [0.717, 1.165) is 22.5 Å². The molecule has 4 aromatic rings. The summed E-state index contributed by atoms with van der Waals surface area (Å²) in [6.07, 6.45) is 7.34. The van der Waals surface area contributed by atoms with Gasteiger partial charge in [0.25, 0.3) is 0 Å². The monoisotopic (exact) mass is 504 g/mol. The van der Waals surface area contributed by atoms with Gasteiger partial charge in [-0.1, -0.05) is 41.9 Å². The van der Waals surface area contributed by atoms with Crippen LogP contribution in [-0.4, -0.2) is 36.5 Å². The van der Waals surface area contributed by atoms with E-state index in [1.807, 2.05) is 36.7 Å². The maximum atomic E-state index is 10.5. The second-order valence-corrected chi connectivity index (χ2v) is 11.1. The quantitative estimate of drug-likeness (QED) is 0.276.